The van der Waals surface area contributed by atoms with Gasteiger partial charge in [0.15, 0.2) is 0 Å². The van der Waals surface area contributed by atoms with Gasteiger partial charge in [0.1, 0.15) is 0 Å². The van der Waals surface area contributed by atoms with Gasteiger partial charge in [-0.25, -0.2) is 0 Å². The van der Waals surface area contributed by atoms with Gasteiger partial charge in [0, 0.05) is 12.6 Å². The number of hydrogen-bond acceptors (Lipinski definition) is 2. The zero-order valence-corrected chi connectivity index (χ0v) is 5.56. The topological polar surface area (TPSA) is 24.1 Å². The van der Waals surface area contributed by atoms with E-state index < -0.39 is 0 Å². The molecule has 0 aromatic heterocycles. The lowest BCUT2D eigenvalue weighted by atomic mass is 9.86. The minimum absolute atomic E-state index is 0.749. The molecule has 0 aromatic carbocycles. The van der Waals surface area contributed by atoms with Crippen LogP contribution in [-0.4, -0.2) is 6.04 Å². The van der Waals surface area contributed by atoms with E-state index in [9.17, 15) is 0 Å². The van der Waals surface area contributed by atoms with Crippen molar-refractivity contribution in [2.45, 2.75) is 31.7 Å². The molecule has 2 aliphatic rings. The number of fused-ring (bicyclic) bond motifs is 1. The van der Waals surface area contributed by atoms with Crippen molar-refractivity contribution < 1.29 is 0 Å². The van der Waals surface area contributed by atoms with Crippen molar-refractivity contribution in [3.05, 3.63) is 6.54 Å². The second-order valence-electron chi connectivity index (χ2n) is 3.01. The van der Waals surface area contributed by atoms with Gasteiger partial charge in [-0.15, -0.1) is 0 Å². The molecule has 2 atom stereocenters. The first-order valence-electron chi connectivity index (χ1n) is 3.81. The maximum absolute atomic E-state index is 3.25. The van der Waals surface area contributed by atoms with Crippen LogP contribution in [0.25, 0.3) is 0 Å². The molecule has 2 N–H and O–H groups in total. The minimum atomic E-state index is 0.749. The summed E-state index contributed by atoms with van der Waals surface area (Å²) in [5.41, 5.74) is 6.34. The standard InChI is InChI=1S/C7H13N2/c1-2-4-7-6(3-1)5-8-9-7/h5-9H,1-4H2. The summed E-state index contributed by atoms with van der Waals surface area (Å²) in [5, 5.41) is 0. The summed E-state index contributed by atoms with van der Waals surface area (Å²) in [5.74, 6) is 0.818. The van der Waals surface area contributed by atoms with E-state index >= 15 is 0 Å². The lowest BCUT2D eigenvalue weighted by Gasteiger charge is -2.22. The summed E-state index contributed by atoms with van der Waals surface area (Å²) in [6, 6.07) is 0.749. The van der Waals surface area contributed by atoms with Crippen LogP contribution in [0.5, 0.6) is 0 Å². The van der Waals surface area contributed by atoms with E-state index in [-0.39, 0.29) is 0 Å². The number of hydrazine groups is 1. The molecule has 51 valence electrons. The molecule has 9 heavy (non-hydrogen) atoms. The first-order chi connectivity index (χ1) is 4.47. The quantitative estimate of drug-likeness (QED) is 0.500. The summed E-state index contributed by atoms with van der Waals surface area (Å²) in [4.78, 5) is 0. The largest absolute Gasteiger partial charge is 0.254 e. The van der Waals surface area contributed by atoms with E-state index in [1.807, 2.05) is 0 Å². The second kappa shape index (κ2) is 2.27. The molecule has 2 heteroatoms. The van der Waals surface area contributed by atoms with Crippen LogP contribution >= 0.6 is 0 Å². The van der Waals surface area contributed by atoms with Crippen LogP contribution in [0, 0.1) is 12.5 Å². The zero-order chi connectivity index (χ0) is 6.10. The number of nitrogens with one attached hydrogen (secondary N) is 2. The maximum atomic E-state index is 3.25. The molecule has 1 heterocycles. The first-order valence-corrected chi connectivity index (χ1v) is 3.81. The SMILES string of the molecule is [CH]1NNC2CCCCC12. The third-order valence-corrected chi connectivity index (χ3v) is 2.39. The van der Waals surface area contributed by atoms with Gasteiger partial charge in [-0.2, -0.15) is 0 Å². The Balaban J connectivity index is 1.97. The fourth-order valence-corrected chi connectivity index (χ4v) is 1.80. The van der Waals surface area contributed by atoms with Crippen molar-refractivity contribution in [3.8, 4) is 0 Å². The van der Waals surface area contributed by atoms with E-state index in [4.69, 9.17) is 0 Å². The third-order valence-electron chi connectivity index (χ3n) is 2.39. The van der Waals surface area contributed by atoms with Crippen LogP contribution in [0.15, 0.2) is 0 Å². The highest BCUT2D eigenvalue weighted by Crippen LogP contribution is 2.27. The van der Waals surface area contributed by atoms with Crippen molar-refractivity contribution in [2.24, 2.45) is 5.92 Å². The Labute approximate surface area is 56.0 Å². The summed E-state index contributed by atoms with van der Waals surface area (Å²) >= 11 is 0. The molecular formula is C7H13N2. The molecule has 2 fully saturated rings. The molecule has 0 spiro atoms. The van der Waals surface area contributed by atoms with E-state index in [2.05, 4.69) is 17.4 Å². The van der Waals surface area contributed by atoms with Gasteiger partial charge >= 0.3 is 0 Å². The summed E-state index contributed by atoms with van der Waals surface area (Å²) in [6.45, 7) is 2.20. The fourth-order valence-electron chi connectivity index (χ4n) is 1.80. The van der Waals surface area contributed by atoms with E-state index in [0.29, 0.717) is 0 Å². The van der Waals surface area contributed by atoms with Crippen LogP contribution < -0.4 is 10.9 Å². The van der Waals surface area contributed by atoms with Crippen molar-refractivity contribution in [1.82, 2.24) is 10.9 Å². The van der Waals surface area contributed by atoms with Crippen molar-refractivity contribution in [3.63, 3.8) is 0 Å². The van der Waals surface area contributed by atoms with Crippen LogP contribution in [0.4, 0.5) is 0 Å². The highest BCUT2D eigenvalue weighted by Gasteiger charge is 2.28. The summed E-state index contributed by atoms with van der Waals surface area (Å²) in [7, 11) is 0. The molecule has 0 amide bonds. The molecule has 0 bridgehead atoms. The number of hydrogen-bond donors (Lipinski definition) is 2. The highest BCUT2D eigenvalue weighted by atomic mass is 15.4. The van der Waals surface area contributed by atoms with Gasteiger partial charge in [0.05, 0.1) is 0 Å². The predicted octanol–water partition coefficient (Wildman–Crippen LogP) is 0.815. The molecular weight excluding hydrogens is 112 g/mol. The lowest BCUT2D eigenvalue weighted by Crippen LogP contribution is -2.32. The van der Waals surface area contributed by atoms with E-state index in [1.165, 1.54) is 25.7 Å². The average molecular weight is 125 g/mol. The lowest BCUT2D eigenvalue weighted by molar-refractivity contribution is 0.344. The molecule has 1 aliphatic carbocycles. The highest BCUT2D eigenvalue weighted by molar-refractivity contribution is 4.92. The Morgan fingerprint density at radius 3 is 3.00 bits per heavy atom. The van der Waals surface area contributed by atoms with E-state index in [0.717, 1.165) is 12.0 Å². The first kappa shape index (κ1) is 5.69. The Kier molecular flexibility index (Phi) is 1.44. The average Bonchev–Trinajstić information content (AvgIpc) is 2.33. The van der Waals surface area contributed by atoms with Crippen LogP contribution in [0.2, 0.25) is 0 Å². The van der Waals surface area contributed by atoms with Gasteiger partial charge in [-0.3, -0.25) is 10.9 Å². The maximum Gasteiger partial charge on any atom is 0.0426 e. The van der Waals surface area contributed by atoms with Crippen molar-refractivity contribution >= 4 is 0 Å². The normalized spacial score (nSPS) is 42.7. The Hall–Kier alpha value is -0.0800. The van der Waals surface area contributed by atoms with E-state index in [1.54, 1.807) is 0 Å². The summed E-state index contributed by atoms with van der Waals surface area (Å²) in [6.07, 6.45) is 5.56. The third kappa shape index (κ3) is 0.970. The summed E-state index contributed by atoms with van der Waals surface area (Å²) < 4.78 is 0. The molecule has 2 rings (SSSR count). The van der Waals surface area contributed by atoms with Gasteiger partial charge in [0.2, 0.25) is 0 Å². The monoisotopic (exact) mass is 125 g/mol. The zero-order valence-electron chi connectivity index (χ0n) is 5.56. The molecule has 2 unspecified atom stereocenters. The molecule has 2 nitrogen and oxygen atoms in total. The second-order valence-corrected chi connectivity index (χ2v) is 3.01. The van der Waals surface area contributed by atoms with Crippen molar-refractivity contribution in [2.75, 3.05) is 0 Å². The molecule has 1 aliphatic heterocycles. The predicted molar refractivity (Wildman–Crippen MR) is 36.3 cm³/mol. The Morgan fingerprint density at radius 1 is 1.22 bits per heavy atom. The van der Waals surface area contributed by atoms with Gasteiger partial charge in [-0.05, 0) is 18.8 Å². The molecule has 0 aromatic rings. The smallest absolute Gasteiger partial charge is 0.0426 e. The molecule has 1 saturated carbocycles. The number of rotatable bonds is 0. The van der Waals surface area contributed by atoms with Gasteiger partial charge in [0.25, 0.3) is 0 Å². The minimum Gasteiger partial charge on any atom is -0.254 e. The molecule has 1 radical (unpaired) electrons. The molecule has 1 saturated heterocycles. The Bertz CT molecular complexity index is 91.1. The van der Waals surface area contributed by atoms with Crippen LogP contribution in [0.1, 0.15) is 25.7 Å². The van der Waals surface area contributed by atoms with Crippen molar-refractivity contribution in [1.29, 1.82) is 0 Å². The fraction of sp³-hybridized carbons (Fsp3) is 0.857. The van der Waals surface area contributed by atoms with Gasteiger partial charge < -0.3 is 0 Å². The van der Waals surface area contributed by atoms with Crippen LogP contribution in [0.3, 0.4) is 0 Å². The van der Waals surface area contributed by atoms with Crippen LogP contribution in [-0.2, 0) is 0 Å². The van der Waals surface area contributed by atoms with Gasteiger partial charge in [-0.1, -0.05) is 12.8 Å². The Morgan fingerprint density at radius 2 is 2.11 bits per heavy atom.